The third-order valence-corrected chi connectivity index (χ3v) is 10.4. The number of hydrogen-bond acceptors (Lipinski definition) is 2. The smallest absolute Gasteiger partial charge is 0.0640 e. The first-order valence-corrected chi connectivity index (χ1v) is 14.8. The van der Waals surface area contributed by atoms with Gasteiger partial charge in [0.15, 0.2) is 0 Å². The normalized spacial score (nSPS) is 12.1. The Kier molecular flexibility index (Phi) is 4.43. The molecule has 0 aliphatic heterocycles. The van der Waals surface area contributed by atoms with Crippen LogP contribution in [0, 0.1) is 0 Å². The molecule has 6 aromatic carbocycles. The van der Waals surface area contributed by atoms with E-state index in [1.54, 1.807) is 0 Å². The molecule has 1 nitrogen and oxygen atoms in total. The van der Waals surface area contributed by atoms with Crippen molar-refractivity contribution < 1.29 is 0 Å². The maximum atomic E-state index is 2.46. The number of rotatable bonds is 2. The molecule has 39 heavy (non-hydrogen) atoms. The van der Waals surface area contributed by atoms with Crippen LogP contribution < -0.4 is 0 Å². The Balaban J connectivity index is 1.34. The van der Waals surface area contributed by atoms with Crippen molar-refractivity contribution in [2.75, 3.05) is 0 Å². The molecule has 0 aliphatic carbocycles. The molecule has 3 aromatic heterocycles. The van der Waals surface area contributed by atoms with E-state index in [0.717, 1.165) is 0 Å². The Hall–Kier alpha value is -4.44. The van der Waals surface area contributed by atoms with E-state index in [0.29, 0.717) is 0 Å². The molecule has 0 spiro atoms. The van der Waals surface area contributed by atoms with E-state index in [-0.39, 0.29) is 0 Å². The number of aromatic nitrogens is 1. The van der Waals surface area contributed by atoms with Crippen LogP contribution in [0.2, 0.25) is 0 Å². The molecule has 0 radical (unpaired) electrons. The first kappa shape index (κ1) is 21.5. The van der Waals surface area contributed by atoms with E-state index in [9.17, 15) is 0 Å². The van der Waals surface area contributed by atoms with Gasteiger partial charge in [-0.25, -0.2) is 0 Å². The van der Waals surface area contributed by atoms with E-state index in [2.05, 4.69) is 132 Å². The van der Waals surface area contributed by atoms with Crippen LogP contribution in [0.4, 0.5) is 0 Å². The van der Waals surface area contributed by atoms with Gasteiger partial charge in [-0.2, -0.15) is 0 Å². The zero-order chi connectivity index (χ0) is 25.5. The summed E-state index contributed by atoms with van der Waals surface area (Å²) in [6.07, 6.45) is 0. The Morgan fingerprint density at radius 2 is 1.00 bits per heavy atom. The molecule has 9 aromatic rings. The van der Waals surface area contributed by atoms with Crippen LogP contribution >= 0.6 is 22.7 Å². The van der Waals surface area contributed by atoms with Crippen molar-refractivity contribution in [1.82, 2.24) is 4.57 Å². The van der Waals surface area contributed by atoms with Crippen molar-refractivity contribution >= 4 is 84.8 Å². The summed E-state index contributed by atoms with van der Waals surface area (Å²) in [7, 11) is 0. The summed E-state index contributed by atoms with van der Waals surface area (Å²) in [5.41, 5.74) is 6.31. The Morgan fingerprint density at radius 3 is 1.79 bits per heavy atom. The molecule has 9 rings (SSSR count). The SMILES string of the molecule is c1ccc2c(c1)sc1c(-c3ccc4c(c3)c3ccccc3n4-c3cccc4c3sc3ccccc34)cccc12. The number of hydrogen-bond donors (Lipinski definition) is 0. The summed E-state index contributed by atoms with van der Waals surface area (Å²) < 4.78 is 7.83. The highest BCUT2D eigenvalue weighted by molar-refractivity contribution is 7.26. The zero-order valence-corrected chi connectivity index (χ0v) is 22.5. The fourth-order valence-electron chi connectivity index (χ4n) is 6.28. The van der Waals surface area contributed by atoms with Gasteiger partial charge < -0.3 is 4.57 Å². The van der Waals surface area contributed by atoms with Crippen LogP contribution in [0.25, 0.3) is 79.0 Å². The lowest BCUT2D eigenvalue weighted by atomic mass is 10.0. The predicted molar refractivity (Wildman–Crippen MR) is 172 cm³/mol. The molecular weight excluding hydrogens is 511 g/mol. The summed E-state index contributed by atoms with van der Waals surface area (Å²) in [4.78, 5) is 0. The Bertz CT molecular complexity index is 2400. The maximum Gasteiger partial charge on any atom is 0.0640 e. The first-order valence-electron chi connectivity index (χ1n) is 13.2. The minimum absolute atomic E-state index is 1.24. The topological polar surface area (TPSA) is 4.93 Å². The Labute approximate surface area is 232 Å². The molecule has 3 heterocycles. The molecule has 0 bridgehead atoms. The quantitative estimate of drug-likeness (QED) is 0.209. The average Bonchev–Trinajstić information content (AvgIpc) is 3.66. The van der Waals surface area contributed by atoms with Crippen molar-refractivity contribution in [1.29, 1.82) is 0 Å². The summed E-state index contributed by atoms with van der Waals surface area (Å²) in [5, 5.41) is 7.92. The van der Waals surface area contributed by atoms with Gasteiger partial charge in [0, 0.05) is 46.4 Å². The third-order valence-electron chi connectivity index (χ3n) is 8.01. The summed E-state index contributed by atoms with van der Waals surface area (Å²) >= 11 is 3.78. The van der Waals surface area contributed by atoms with Crippen LogP contribution in [0.3, 0.4) is 0 Å². The molecular formula is C36H21NS2. The minimum Gasteiger partial charge on any atom is -0.308 e. The molecule has 0 unspecified atom stereocenters. The maximum absolute atomic E-state index is 2.46. The predicted octanol–water partition coefficient (Wildman–Crippen LogP) is 11.2. The fraction of sp³-hybridized carbons (Fsp3) is 0. The van der Waals surface area contributed by atoms with Gasteiger partial charge in [0.1, 0.15) is 0 Å². The first-order chi connectivity index (χ1) is 19.3. The van der Waals surface area contributed by atoms with Crippen molar-refractivity contribution in [2.24, 2.45) is 0 Å². The average molecular weight is 532 g/mol. The van der Waals surface area contributed by atoms with E-state index >= 15 is 0 Å². The molecule has 0 saturated carbocycles. The lowest BCUT2D eigenvalue weighted by molar-refractivity contribution is 1.20. The van der Waals surface area contributed by atoms with Crippen LogP contribution in [0.1, 0.15) is 0 Å². The number of para-hydroxylation sites is 1. The van der Waals surface area contributed by atoms with Gasteiger partial charge in [0.25, 0.3) is 0 Å². The van der Waals surface area contributed by atoms with Gasteiger partial charge in [-0.05, 0) is 47.5 Å². The van der Waals surface area contributed by atoms with Crippen LogP contribution in [0.5, 0.6) is 0 Å². The number of fused-ring (bicyclic) bond motifs is 9. The highest BCUT2D eigenvalue weighted by Crippen LogP contribution is 2.43. The van der Waals surface area contributed by atoms with E-state index in [1.165, 1.54) is 79.0 Å². The second-order valence-electron chi connectivity index (χ2n) is 10.1. The van der Waals surface area contributed by atoms with Crippen LogP contribution in [-0.4, -0.2) is 4.57 Å². The molecule has 0 atom stereocenters. The van der Waals surface area contributed by atoms with Crippen molar-refractivity contribution in [3.8, 4) is 16.8 Å². The molecule has 0 N–H and O–H groups in total. The molecule has 0 amide bonds. The fourth-order valence-corrected chi connectivity index (χ4v) is 8.73. The third kappa shape index (κ3) is 3.00. The van der Waals surface area contributed by atoms with E-state index in [1.807, 2.05) is 22.7 Å². The second-order valence-corrected chi connectivity index (χ2v) is 12.2. The van der Waals surface area contributed by atoms with Gasteiger partial charge in [0.2, 0.25) is 0 Å². The van der Waals surface area contributed by atoms with Gasteiger partial charge in [0.05, 0.1) is 21.4 Å². The molecule has 0 fully saturated rings. The second kappa shape index (κ2) is 8.03. The van der Waals surface area contributed by atoms with E-state index < -0.39 is 0 Å². The van der Waals surface area contributed by atoms with E-state index in [4.69, 9.17) is 0 Å². The molecule has 0 saturated heterocycles. The van der Waals surface area contributed by atoms with Gasteiger partial charge >= 0.3 is 0 Å². The molecule has 0 aliphatic rings. The zero-order valence-electron chi connectivity index (χ0n) is 20.9. The van der Waals surface area contributed by atoms with Crippen molar-refractivity contribution in [3.05, 3.63) is 127 Å². The standard InChI is InChI=1S/C36H21NS2/c1-4-15-30-24(9-1)29-21-22(23-12-7-13-27-25-10-2-5-17-33(25)38-35(23)27)19-20-31(29)37(30)32-16-8-14-28-26-11-3-6-18-34(26)39-36(28)32/h1-21H. The Morgan fingerprint density at radius 1 is 0.410 bits per heavy atom. The summed E-state index contributed by atoms with van der Waals surface area (Å²) in [6.45, 7) is 0. The van der Waals surface area contributed by atoms with Gasteiger partial charge in [-0.1, -0.05) is 91.0 Å². The van der Waals surface area contributed by atoms with Crippen LogP contribution in [-0.2, 0) is 0 Å². The molecule has 182 valence electrons. The number of benzene rings is 6. The lowest BCUT2D eigenvalue weighted by Gasteiger charge is -2.10. The van der Waals surface area contributed by atoms with Gasteiger partial charge in [-0.3, -0.25) is 0 Å². The lowest BCUT2D eigenvalue weighted by Crippen LogP contribution is -1.93. The highest BCUT2D eigenvalue weighted by Gasteiger charge is 2.18. The largest absolute Gasteiger partial charge is 0.308 e. The number of thiophene rings is 2. The van der Waals surface area contributed by atoms with Crippen molar-refractivity contribution in [2.45, 2.75) is 0 Å². The number of nitrogens with zero attached hydrogens (tertiary/aromatic N) is 1. The van der Waals surface area contributed by atoms with Crippen LogP contribution in [0.15, 0.2) is 127 Å². The highest BCUT2D eigenvalue weighted by atomic mass is 32.1. The monoisotopic (exact) mass is 531 g/mol. The minimum atomic E-state index is 1.24. The van der Waals surface area contributed by atoms with Crippen molar-refractivity contribution in [3.63, 3.8) is 0 Å². The van der Waals surface area contributed by atoms with Gasteiger partial charge in [-0.15, -0.1) is 22.7 Å². The molecule has 3 heteroatoms. The summed E-state index contributed by atoms with van der Waals surface area (Å²) in [5.74, 6) is 0. The summed E-state index contributed by atoms with van der Waals surface area (Å²) in [6, 6.07) is 46.8.